The standard InChI is InChI=1S/C13H10ClN3OS/c1-6-9-11(18)16-13(15)17-12(9)19-10(6)7-2-4-8(14)5-3-7/h2-5H,1H3,(H3,15,16,17,18). The predicted molar refractivity (Wildman–Crippen MR) is 79.8 cm³/mol. The molecule has 0 fully saturated rings. The van der Waals surface area contributed by atoms with E-state index in [1.54, 1.807) is 0 Å². The highest BCUT2D eigenvalue weighted by Gasteiger charge is 2.14. The van der Waals surface area contributed by atoms with Gasteiger partial charge in [-0.2, -0.15) is 0 Å². The lowest BCUT2D eigenvalue weighted by Crippen LogP contribution is -2.10. The Bertz CT molecular complexity index is 820. The molecule has 19 heavy (non-hydrogen) atoms. The van der Waals surface area contributed by atoms with E-state index < -0.39 is 0 Å². The van der Waals surface area contributed by atoms with Gasteiger partial charge in [0, 0.05) is 9.90 Å². The molecule has 3 rings (SSSR count). The van der Waals surface area contributed by atoms with Crippen LogP contribution in [0.3, 0.4) is 0 Å². The topological polar surface area (TPSA) is 71.8 Å². The number of nitrogen functional groups attached to an aromatic ring is 1. The van der Waals surface area contributed by atoms with Gasteiger partial charge in [-0.25, -0.2) is 4.98 Å². The molecule has 0 bridgehead atoms. The highest BCUT2D eigenvalue weighted by molar-refractivity contribution is 7.22. The van der Waals surface area contributed by atoms with E-state index >= 15 is 0 Å². The first-order valence-electron chi connectivity index (χ1n) is 5.61. The normalized spacial score (nSPS) is 11.1. The van der Waals surface area contributed by atoms with E-state index in [1.807, 2.05) is 31.2 Å². The maximum Gasteiger partial charge on any atom is 0.261 e. The molecule has 0 saturated heterocycles. The van der Waals surface area contributed by atoms with Gasteiger partial charge in [0.25, 0.3) is 5.56 Å². The largest absolute Gasteiger partial charge is 0.369 e. The van der Waals surface area contributed by atoms with Crippen molar-refractivity contribution in [3.05, 3.63) is 45.2 Å². The van der Waals surface area contributed by atoms with Crippen LogP contribution >= 0.6 is 22.9 Å². The molecule has 0 saturated carbocycles. The number of hydrogen-bond donors (Lipinski definition) is 2. The van der Waals surface area contributed by atoms with Gasteiger partial charge in [0.05, 0.1) is 5.39 Å². The predicted octanol–water partition coefficient (Wildman–Crippen LogP) is 3.20. The van der Waals surface area contributed by atoms with E-state index in [-0.39, 0.29) is 11.5 Å². The maximum absolute atomic E-state index is 11.9. The summed E-state index contributed by atoms with van der Waals surface area (Å²) in [6.45, 7) is 1.91. The molecule has 0 aliphatic carbocycles. The van der Waals surface area contributed by atoms with E-state index in [1.165, 1.54) is 11.3 Å². The quantitative estimate of drug-likeness (QED) is 0.723. The van der Waals surface area contributed by atoms with Crippen LogP contribution in [-0.4, -0.2) is 9.97 Å². The number of nitrogens with zero attached hydrogens (tertiary/aromatic N) is 1. The summed E-state index contributed by atoms with van der Waals surface area (Å²) in [6.07, 6.45) is 0. The number of aromatic amines is 1. The number of thiophene rings is 1. The molecule has 0 atom stereocenters. The van der Waals surface area contributed by atoms with Crippen LogP contribution in [0, 0.1) is 6.92 Å². The van der Waals surface area contributed by atoms with Gasteiger partial charge in [0.15, 0.2) is 0 Å². The van der Waals surface area contributed by atoms with Crippen molar-refractivity contribution in [1.29, 1.82) is 0 Å². The number of hydrogen-bond acceptors (Lipinski definition) is 4. The van der Waals surface area contributed by atoms with Crippen molar-refractivity contribution in [2.24, 2.45) is 0 Å². The summed E-state index contributed by atoms with van der Waals surface area (Å²) in [7, 11) is 0. The second kappa shape index (κ2) is 4.36. The van der Waals surface area contributed by atoms with Gasteiger partial charge in [-0.15, -0.1) is 11.3 Å². The number of rotatable bonds is 1. The Morgan fingerprint density at radius 3 is 2.68 bits per heavy atom. The highest BCUT2D eigenvalue weighted by Crippen LogP contribution is 2.36. The molecule has 0 amide bonds. The molecule has 4 nitrogen and oxygen atoms in total. The minimum absolute atomic E-state index is 0.140. The molecule has 2 aromatic heterocycles. The van der Waals surface area contributed by atoms with Gasteiger partial charge in [0.1, 0.15) is 4.83 Å². The van der Waals surface area contributed by atoms with Gasteiger partial charge < -0.3 is 5.73 Å². The molecule has 3 N–H and O–H groups in total. The number of anilines is 1. The maximum atomic E-state index is 11.9. The lowest BCUT2D eigenvalue weighted by Gasteiger charge is -1.99. The minimum atomic E-state index is -0.198. The minimum Gasteiger partial charge on any atom is -0.369 e. The van der Waals surface area contributed by atoms with Crippen LogP contribution in [0.15, 0.2) is 29.1 Å². The smallest absolute Gasteiger partial charge is 0.261 e. The third-order valence-electron chi connectivity index (χ3n) is 2.93. The Kier molecular flexibility index (Phi) is 2.80. The number of nitrogens with two attached hydrogens (primary N) is 1. The van der Waals surface area contributed by atoms with Gasteiger partial charge in [-0.1, -0.05) is 23.7 Å². The Morgan fingerprint density at radius 1 is 1.32 bits per heavy atom. The van der Waals surface area contributed by atoms with Crippen molar-refractivity contribution in [2.45, 2.75) is 6.92 Å². The zero-order valence-electron chi connectivity index (χ0n) is 10.0. The monoisotopic (exact) mass is 291 g/mol. The van der Waals surface area contributed by atoms with E-state index in [4.69, 9.17) is 17.3 Å². The number of halogens is 1. The molecule has 3 aromatic rings. The van der Waals surface area contributed by atoms with Crippen molar-refractivity contribution in [3.63, 3.8) is 0 Å². The first-order valence-corrected chi connectivity index (χ1v) is 6.80. The molecule has 96 valence electrons. The van der Waals surface area contributed by atoms with Crippen molar-refractivity contribution >= 4 is 39.1 Å². The second-order valence-electron chi connectivity index (χ2n) is 4.19. The summed E-state index contributed by atoms with van der Waals surface area (Å²) < 4.78 is 0. The third-order valence-corrected chi connectivity index (χ3v) is 4.41. The number of benzene rings is 1. The second-order valence-corrected chi connectivity index (χ2v) is 5.63. The Labute approximate surface area is 117 Å². The van der Waals surface area contributed by atoms with E-state index in [0.29, 0.717) is 15.2 Å². The fourth-order valence-corrected chi connectivity index (χ4v) is 3.36. The average molecular weight is 292 g/mol. The zero-order valence-corrected chi connectivity index (χ0v) is 11.6. The molecule has 0 aliphatic heterocycles. The first kappa shape index (κ1) is 12.2. The van der Waals surface area contributed by atoms with Crippen LogP contribution in [0.4, 0.5) is 5.95 Å². The van der Waals surface area contributed by atoms with E-state index in [9.17, 15) is 4.79 Å². The molecular weight excluding hydrogens is 282 g/mol. The third kappa shape index (κ3) is 2.01. The number of aryl methyl sites for hydroxylation is 1. The molecule has 0 unspecified atom stereocenters. The Morgan fingerprint density at radius 2 is 2.00 bits per heavy atom. The van der Waals surface area contributed by atoms with Crippen molar-refractivity contribution in [2.75, 3.05) is 5.73 Å². The fraction of sp³-hybridized carbons (Fsp3) is 0.0769. The van der Waals surface area contributed by atoms with Gasteiger partial charge in [-0.05, 0) is 30.2 Å². The van der Waals surface area contributed by atoms with Gasteiger partial charge in [0.2, 0.25) is 5.95 Å². The number of H-pyrrole nitrogens is 1. The average Bonchev–Trinajstić information content (AvgIpc) is 2.67. The van der Waals surface area contributed by atoms with Crippen LogP contribution in [0.5, 0.6) is 0 Å². The highest BCUT2D eigenvalue weighted by atomic mass is 35.5. The Hall–Kier alpha value is -1.85. The zero-order chi connectivity index (χ0) is 13.6. The van der Waals surface area contributed by atoms with Gasteiger partial charge >= 0.3 is 0 Å². The molecule has 0 spiro atoms. The van der Waals surface area contributed by atoms with Crippen molar-refractivity contribution in [1.82, 2.24) is 9.97 Å². The van der Waals surface area contributed by atoms with Crippen LogP contribution in [0.2, 0.25) is 5.02 Å². The van der Waals surface area contributed by atoms with Crippen molar-refractivity contribution in [3.8, 4) is 10.4 Å². The Balaban J connectivity index is 2.31. The summed E-state index contributed by atoms with van der Waals surface area (Å²) in [5.41, 5.74) is 7.30. The molecule has 6 heteroatoms. The van der Waals surface area contributed by atoms with Crippen LogP contribution in [0.25, 0.3) is 20.7 Å². The molecular formula is C13H10ClN3OS. The molecule has 2 heterocycles. The van der Waals surface area contributed by atoms with Crippen molar-refractivity contribution < 1.29 is 0 Å². The fourth-order valence-electron chi connectivity index (χ4n) is 2.04. The van der Waals surface area contributed by atoms with Crippen LogP contribution < -0.4 is 11.3 Å². The first-order chi connectivity index (χ1) is 9.06. The number of nitrogens with one attached hydrogen (secondary N) is 1. The SMILES string of the molecule is Cc1c(-c2ccc(Cl)cc2)sc2nc(N)[nH]c(=O)c12. The van der Waals surface area contributed by atoms with E-state index in [0.717, 1.165) is 16.0 Å². The molecule has 1 aromatic carbocycles. The molecule has 0 aliphatic rings. The van der Waals surface area contributed by atoms with E-state index in [2.05, 4.69) is 9.97 Å². The summed E-state index contributed by atoms with van der Waals surface area (Å²) in [5.74, 6) is 0.140. The number of aromatic nitrogens is 2. The summed E-state index contributed by atoms with van der Waals surface area (Å²) >= 11 is 7.34. The molecule has 0 radical (unpaired) electrons. The lowest BCUT2D eigenvalue weighted by atomic mass is 10.1. The summed E-state index contributed by atoms with van der Waals surface area (Å²) in [6, 6.07) is 7.51. The van der Waals surface area contributed by atoms with Gasteiger partial charge in [-0.3, -0.25) is 9.78 Å². The lowest BCUT2D eigenvalue weighted by molar-refractivity contribution is 1.19. The summed E-state index contributed by atoms with van der Waals surface area (Å²) in [4.78, 5) is 20.3. The van der Waals surface area contributed by atoms with Crippen LogP contribution in [-0.2, 0) is 0 Å². The van der Waals surface area contributed by atoms with Crippen LogP contribution in [0.1, 0.15) is 5.56 Å². The number of fused-ring (bicyclic) bond motifs is 1. The summed E-state index contributed by atoms with van der Waals surface area (Å²) in [5, 5.41) is 1.28.